The van der Waals surface area contributed by atoms with E-state index in [0.717, 1.165) is 72.7 Å². The van der Waals surface area contributed by atoms with E-state index < -0.39 is 22.1 Å². The topological polar surface area (TPSA) is 87.9 Å². The van der Waals surface area contributed by atoms with E-state index in [-0.39, 0.29) is 23.8 Å². The molecule has 2 aliphatic heterocycles. The minimum absolute atomic E-state index is 0. The number of alkyl halides is 3. The van der Waals surface area contributed by atoms with Gasteiger partial charge in [-0.1, -0.05) is 77.8 Å². The average Bonchev–Trinajstić information content (AvgIpc) is 3.39. The van der Waals surface area contributed by atoms with E-state index in [1.165, 1.54) is 40.2 Å². The van der Waals surface area contributed by atoms with Gasteiger partial charge in [-0.3, -0.25) is 0 Å². The number of ether oxygens (including phenoxy) is 1. The van der Waals surface area contributed by atoms with Crippen molar-refractivity contribution < 1.29 is 26.3 Å². The van der Waals surface area contributed by atoms with Crippen molar-refractivity contribution in [2.75, 3.05) is 36.0 Å². The maximum atomic E-state index is 12.6. The summed E-state index contributed by atoms with van der Waals surface area (Å²) in [6.45, 7) is 2.25. The molecule has 292 valence electrons. The number of anilines is 4. The minimum Gasteiger partial charge on any atom is -0.406 e. The normalized spacial score (nSPS) is 13.4. The standard InChI is InChI=1S/C24H22ClF3N2O3S.C17H19ClN2.ClH/c25-19-12-11-18-10-9-17-5-1-2-8-22(17)30(23(18)15-19)14-4-13-29-34(31,32)21-7-3-6-20(16-21)33-24(26,27)28;18-15-9-8-14-7-6-13-4-1-2-5-16(13)20(11-3-10-19)17(14)12-15;/h1-3,5-8,11-12,15-16,29H,4,9-10,13-14H2;1-2,4-5,8-9,12H,3,6-7,10-11,19H2;1H. The van der Waals surface area contributed by atoms with E-state index in [1.54, 1.807) is 0 Å². The Labute approximate surface area is 336 Å². The summed E-state index contributed by atoms with van der Waals surface area (Å²) >= 11 is 12.5. The van der Waals surface area contributed by atoms with Gasteiger partial charge in [-0.2, -0.15) is 0 Å². The highest BCUT2D eigenvalue weighted by atomic mass is 35.5. The number of halogens is 6. The smallest absolute Gasteiger partial charge is 0.406 e. The van der Waals surface area contributed by atoms with Crippen LogP contribution in [0.25, 0.3) is 0 Å². The molecule has 0 amide bonds. The molecular weight excluding hydrogens is 792 g/mol. The van der Waals surface area contributed by atoms with Crippen LogP contribution in [0.5, 0.6) is 5.75 Å². The summed E-state index contributed by atoms with van der Waals surface area (Å²) < 4.78 is 68.9. The summed E-state index contributed by atoms with van der Waals surface area (Å²) in [7, 11) is -4.01. The summed E-state index contributed by atoms with van der Waals surface area (Å²) in [4.78, 5) is 4.21. The number of benzene rings is 5. The van der Waals surface area contributed by atoms with Crippen LogP contribution in [0.2, 0.25) is 10.0 Å². The van der Waals surface area contributed by atoms with Crippen LogP contribution in [0.3, 0.4) is 0 Å². The SMILES string of the molecule is Cl.NCCCN1c2ccccc2CCc2ccc(Cl)cc21.O=S(=O)(NCCCN1c2ccccc2CCc2ccc(Cl)cc21)c1cccc(OC(F)(F)F)c1. The summed E-state index contributed by atoms with van der Waals surface area (Å²) in [6, 6.07) is 33.0. The number of nitrogens with one attached hydrogen (secondary N) is 1. The molecule has 0 saturated carbocycles. The molecule has 55 heavy (non-hydrogen) atoms. The minimum atomic E-state index is -4.90. The first kappa shape index (κ1) is 42.2. The third-order valence-corrected chi connectivity index (χ3v) is 11.3. The number of nitrogens with two attached hydrogens (primary N) is 1. The predicted octanol–water partition coefficient (Wildman–Crippen LogP) is 10.2. The van der Waals surface area contributed by atoms with Gasteiger partial charge >= 0.3 is 6.36 Å². The maximum Gasteiger partial charge on any atom is 0.573 e. The van der Waals surface area contributed by atoms with E-state index in [1.807, 2.05) is 42.5 Å². The highest BCUT2D eigenvalue weighted by Crippen LogP contribution is 2.39. The second kappa shape index (κ2) is 18.8. The van der Waals surface area contributed by atoms with Crippen LogP contribution in [0, 0.1) is 0 Å². The monoisotopic (exact) mass is 832 g/mol. The number of fused-ring (bicyclic) bond motifs is 4. The molecule has 7 nitrogen and oxygen atoms in total. The molecule has 5 aromatic carbocycles. The van der Waals surface area contributed by atoms with Gasteiger partial charge in [-0.05, 0) is 116 Å². The second-order valence-electron chi connectivity index (χ2n) is 13.0. The molecule has 14 heteroatoms. The maximum absolute atomic E-state index is 12.6. The summed E-state index contributed by atoms with van der Waals surface area (Å²) in [6.07, 6.45) is 0.400. The number of nitrogens with zero attached hydrogens (tertiary/aromatic N) is 2. The van der Waals surface area contributed by atoms with Crippen LogP contribution < -0.4 is 25.0 Å². The lowest BCUT2D eigenvalue weighted by Gasteiger charge is -2.27. The third-order valence-electron chi connectivity index (χ3n) is 9.35. The zero-order valence-electron chi connectivity index (χ0n) is 29.9. The molecule has 0 saturated heterocycles. The summed E-state index contributed by atoms with van der Waals surface area (Å²) in [5, 5.41) is 1.41. The fourth-order valence-electron chi connectivity index (χ4n) is 6.87. The van der Waals surface area contributed by atoms with Gasteiger partial charge < -0.3 is 20.3 Å². The zero-order valence-corrected chi connectivity index (χ0v) is 33.0. The Morgan fingerprint density at radius 3 is 1.65 bits per heavy atom. The Kier molecular flexibility index (Phi) is 14.4. The third kappa shape index (κ3) is 10.9. The number of rotatable bonds is 10. The first-order valence-corrected chi connectivity index (χ1v) is 20.0. The quantitative estimate of drug-likeness (QED) is 0.136. The van der Waals surface area contributed by atoms with Gasteiger partial charge in [-0.25, -0.2) is 13.1 Å². The molecule has 2 aliphatic rings. The lowest BCUT2D eigenvalue weighted by molar-refractivity contribution is -0.274. The molecule has 0 spiro atoms. The molecule has 5 aromatic rings. The van der Waals surface area contributed by atoms with Gasteiger partial charge in [0.1, 0.15) is 5.75 Å². The van der Waals surface area contributed by atoms with Crippen molar-refractivity contribution >= 4 is 68.4 Å². The number of para-hydroxylation sites is 2. The van der Waals surface area contributed by atoms with Gasteiger partial charge in [0.25, 0.3) is 0 Å². The van der Waals surface area contributed by atoms with Crippen molar-refractivity contribution in [3.05, 3.63) is 141 Å². The molecule has 0 unspecified atom stereocenters. The van der Waals surface area contributed by atoms with Crippen LogP contribution in [-0.2, 0) is 35.7 Å². The Balaban J connectivity index is 0.000000235. The van der Waals surface area contributed by atoms with Crippen molar-refractivity contribution in [3.8, 4) is 5.75 Å². The summed E-state index contributed by atoms with van der Waals surface area (Å²) in [5.74, 6) is -0.593. The first-order chi connectivity index (χ1) is 25.9. The lowest BCUT2D eigenvalue weighted by Crippen LogP contribution is -2.28. The molecule has 3 N–H and O–H groups in total. The van der Waals surface area contributed by atoms with Gasteiger partial charge in [0, 0.05) is 58.5 Å². The highest BCUT2D eigenvalue weighted by Gasteiger charge is 2.31. The fraction of sp³-hybridized carbons (Fsp3) is 0.268. The molecule has 0 aliphatic carbocycles. The first-order valence-electron chi connectivity index (χ1n) is 17.7. The second-order valence-corrected chi connectivity index (χ2v) is 15.7. The number of sulfonamides is 1. The van der Waals surface area contributed by atoms with E-state index in [0.29, 0.717) is 24.5 Å². The Morgan fingerprint density at radius 2 is 1.15 bits per heavy atom. The molecule has 0 atom stereocenters. The Morgan fingerprint density at radius 1 is 0.655 bits per heavy atom. The number of hydrogen-bond acceptors (Lipinski definition) is 6. The van der Waals surface area contributed by atoms with Gasteiger partial charge in [0.2, 0.25) is 10.0 Å². The van der Waals surface area contributed by atoms with E-state index >= 15 is 0 Å². The van der Waals surface area contributed by atoms with E-state index in [9.17, 15) is 21.6 Å². The Hall–Kier alpha value is -3.97. The number of hydrogen-bond donors (Lipinski definition) is 2. The molecule has 7 rings (SSSR count). The van der Waals surface area contributed by atoms with Gasteiger partial charge in [0.05, 0.1) is 4.90 Å². The number of aryl methyl sites for hydroxylation is 4. The van der Waals surface area contributed by atoms with Crippen molar-refractivity contribution in [3.63, 3.8) is 0 Å². The largest absolute Gasteiger partial charge is 0.573 e. The van der Waals surface area contributed by atoms with Gasteiger partial charge in [0.15, 0.2) is 0 Å². The molecule has 0 radical (unpaired) electrons. The lowest BCUT2D eigenvalue weighted by atomic mass is 10.0. The van der Waals surface area contributed by atoms with Gasteiger partial charge in [-0.15, -0.1) is 25.6 Å². The highest BCUT2D eigenvalue weighted by molar-refractivity contribution is 7.89. The summed E-state index contributed by atoms with van der Waals surface area (Å²) in [5.41, 5.74) is 15.4. The predicted molar refractivity (Wildman–Crippen MR) is 218 cm³/mol. The van der Waals surface area contributed by atoms with Crippen molar-refractivity contribution in [2.24, 2.45) is 5.73 Å². The van der Waals surface area contributed by atoms with Crippen LogP contribution in [0.15, 0.2) is 114 Å². The molecule has 0 fully saturated rings. The molecule has 0 bridgehead atoms. The van der Waals surface area contributed by atoms with E-state index in [2.05, 4.69) is 61.7 Å². The molecule has 2 heterocycles. The van der Waals surface area contributed by atoms with Crippen molar-refractivity contribution in [2.45, 2.75) is 49.8 Å². The molecular formula is C41H42Cl3F3N4O3S. The molecule has 0 aromatic heterocycles. The van der Waals surface area contributed by atoms with Crippen LogP contribution >= 0.6 is 35.6 Å². The van der Waals surface area contributed by atoms with E-state index in [4.69, 9.17) is 28.9 Å². The zero-order chi connectivity index (χ0) is 38.3. The van der Waals surface area contributed by atoms with Crippen LogP contribution in [-0.4, -0.2) is 41.0 Å². The van der Waals surface area contributed by atoms with Crippen molar-refractivity contribution in [1.82, 2.24) is 4.72 Å². The fourth-order valence-corrected chi connectivity index (χ4v) is 8.31. The average molecular weight is 834 g/mol. The van der Waals surface area contributed by atoms with Crippen molar-refractivity contribution in [1.29, 1.82) is 0 Å². The van der Waals surface area contributed by atoms with Crippen LogP contribution in [0.1, 0.15) is 35.1 Å². The van der Waals surface area contributed by atoms with Crippen LogP contribution in [0.4, 0.5) is 35.9 Å². The Bertz CT molecular complexity index is 2190.